The van der Waals surface area contributed by atoms with Crippen LogP contribution in [0.5, 0.6) is 0 Å². The third-order valence-corrected chi connectivity index (χ3v) is 1.49. The number of nitrogens with zero attached hydrogens (tertiary/aromatic N) is 3. The Hall–Kier alpha value is -0.900. The molecule has 1 atom stereocenters. The minimum Gasteiger partial charge on any atom is -0.222 e. The standard InChI is InChI=1S/C6H9N3O/c1-2-3-5-7-4-8-6-9(5)10-6/h4,6H,2-3H2,1H3. The fourth-order valence-electron chi connectivity index (χ4n) is 0.963. The molecule has 1 fully saturated rings. The van der Waals surface area contributed by atoms with Gasteiger partial charge < -0.3 is 0 Å². The van der Waals surface area contributed by atoms with Crippen LogP contribution in [0.4, 0.5) is 0 Å². The smallest absolute Gasteiger partial charge is 0.222 e. The largest absolute Gasteiger partial charge is 0.277 e. The Labute approximate surface area is 59.2 Å². The highest BCUT2D eigenvalue weighted by atomic mass is 16.9. The Bertz CT molecular complexity index is 199. The van der Waals surface area contributed by atoms with Crippen LogP contribution >= 0.6 is 0 Å². The monoisotopic (exact) mass is 139 g/mol. The summed E-state index contributed by atoms with van der Waals surface area (Å²) in [7, 11) is 0. The van der Waals surface area contributed by atoms with E-state index in [1.165, 1.54) is 0 Å². The lowest BCUT2D eigenvalue weighted by Gasteiger charge is -2.02. The maximum absolute atomic E-state index is 5.05. The van der Waals surface area contributed by atoms with Crippen molar-refractivity contribution in [2.75, 3.05) is 0 Å². The Morgan fingerprint density at radius 3 is 3.50 bits per heavy atom. The first kappa shape index (κ1) is 5.85. The molecule has 4 nitrogen and oxygen atoms in total. The van der Waals surface area contributed by atoms with E-state index in [4.69, 9.17) is 4.84 Å². The van der Waals surface area contributed by atoms with Gasteiger partial charge in [0.15, 0.2) is 0 Å². The van der Waals surface area contributed by atoms with E-state index < -0.39 is 0 Å². The molecule has 4 heteroatoms. The zero-order chi connectivity index (χ0) is 6.97. The van der Waals surface area contributed by atoms with Crippen molar-refractivity contribution in [3.63, 3.8) is 0 Å². The summed E-state index contributed by atoms with van der Waals surface area (Å²) in [5, 5.41) is 1.74. The highest BCUT2D eigenvalue weighted by Crippen LogP contribution is 2.25. The molecule has 2 aliphatic heterocycles. The van der Waals surface area contributed by atoms with E-state index in [1.54, 1.807) is 11.4 Å². The number of hydrogen-bond acceptors (Lipinski definition) is 4. The summed E-state index contributed by atoms with van der Waals surface area (Å²) in [6.45, 7) is 2.12. The summed E-state index contributed by atoms with van der Waals surface area (Å²) in [5.74, 6) is 1.00. The highest BCUT2D eigenvalue weighted by Gasteiger charge is 2.40. The fraction of sp³-hybridized carbons (Fsp3) is 0.667. The van der Waals surface area contributed by atoms with Crippen molar-refractivity contribution in [2.24, 2.45) is 9.98 Å². The van der Waals surface area contributed by atoms with Gasteiger partial charge in [-0.2, -0.15) is 5.06 Å². The van der Waals surface area contributed by atoms with E-state index in [0.29, 0.717) is 0 Å². The second kappa shape index (κ2) is 2.05. The number of aliphatic imine (C=N–C) groups is 2. The van der Waals surface area contributed by atoms with Crippen molar-refractivity contribution in [3.8, 4) is 0 Å². The summed E-state index contributed by atoms with van der Waals surface area (Å²) in [6, 6.07) is 0. The molecular formula is C6H9N3O. The van der Waals surface area contributed by atoms with E-state index in [9.17, 15) is 0 Å². The van der Waals surface area contributed by atoms with Crippen LogP contribution in [0.2, 0.25) is 0 Å². The molecule has 10 heavy (non-hydrogen) atoms. The molecule has 1 unspecified atom stereocenters. The molecule has 2 aliphatic rings. The van der Waals surface area contributed by atoms with E-state index in [2.05, 4.69) is 16.9 Å². The Kier molecular flexibility index (Phi) is 1.20. The van der Waals surface area contributed by atoms with Gasteiger partial charge in [0.25, 0.3) is 6.35 Å². The van der Waals surface area contributed by atoms with Crippen LogP contribution in [-0.2, 0) is 4.84 Å². The van der Waals surface area contributed by atoms with Crippen LogP contribution in [0.15, 0.2) is 9.98 Å². The van der Waals surface area contributed by atoms with Gasteiger partial charge in [-0.1, -0.05) is 6.92 Å². The van der Waals surface area contributed by atoms with Gasteiger partial charge in [-0.05, 0) is 6.42 Å². The molecule has 2 rings (SSSR count). The SMILES string of the molecule is CCCC1=NC=NC2ON12. The van der Waals surface area contributed by atoms with Crippen LogP contribution in [0.25, 0.3) is 0 Å². The zero-order valence-electron chi connectivity index (χ0n) is 5.82. The second-order valence-corrected chi connectivity index (χ2v) is 2.32. The van der Waals surface area contributed by atoms with Crippen LogP contribution in [0.1, 0.15) is 19.8 Å². The Morgan fingerprint density at radius 2 is 2.70 bits per heavy atom. The molecule has 1 saturated heterocycles. The molecule has 0 N–H and O–H groups in total. The number of rotatable bonds is 2. The lowest BCUT2D eigenvalue weighted by atomic mass is 10.3. The molecule has 0 saturated carbocycles. The van der Waals surface area contributed by atoms with Gasteiger partial charge in [0, 0.05) is 6.42 Å². The van der Waals surface area contributed by atoms with Gasteiger partial charge in [-0.25, -0.2) is 14.8 Å². The Balaban J connectivity index is 2.05. The fourth-order valence-corrected chi connectivity index (χ4v) is 0.963. The number of fused-ring (bicyclic) bond motifs is 1. The minimum atomic E-state index is -0.0425. The quantitative estimate of drug-likeness (QED) is 0.530. The van der Waals surface area contributed by atoms with Crippen LogP contribution < -0.4 is 0 Å². The summed E-state index contributed by atoms with van der Waals surface area (Å²) < 4.78 is 0. The molecule has 0 aromatic heterocycles. The lowest BCUT2D eigenvalue weighted by molar-refractivity contribution is 0.275. The molecular weight excluding hydrogens is 130 g/mol. The van der Waals surface area contributed by atoms with Crippen molar-refractivity contribution in [1.29, 1.82) is 0 Å². The maximum atomic E-state index is 5.05. The van der Waals surface area contributed by atoms with Gasteiger partial charge in [-0.15, -0.1) is 0 Å². The predicted molar refractivity (Wildman–Crippen MR) is 37.5 cm³/mol. The molecule has 0 aliphatic carbocycles. The van der Waals surface area contributed by atoms with Gasteiger partial charge in [-0.3, -0.25) is 0 Å². The first-order valence-corrected chi connectivity index (χ1v) is 3.46. The van der Waals surface area contributed by atoms with Crippen molar-refractivity contribution in [3.05, 3.63) is 0 Å². The van der Waals surface area contributed by atoms with Crippen LogP contribution in [0.3, 0.4) is 0 Å². The third-order valence-electron chi connectivity index (χ3n) is 1.49. The summed E-state index contributed by atoms with van der Waals surface area (Å²) in [5.41, 5.74) is 0. The van der Waals surface area contributed by atoms with E-state index in [0.717, 1.165) is 18.7 Å². The zero-order valence-corrected chi connectivity index (χ0v) is 5.82. The van der Waals surface area contributed by atoms with Gasteiger partial charge in [0.05, 0.1) is 0 Å². The minimum absolute atomic E-state index is 0.0425. The molecule has 0 spiro atoms. The normalized spacial score (nSPS) is 27.9. The number of amidine groups is 1. The second-order valence-electron chi connectivity index (χ2n) is 2.32. The van der Waals surface area contributed by atoms with Crippen molar-refractivity contribution in [1.82, 2.24) is 5.06 Å². The molecule has 2 heterocycles. The summed E-state index contributed by atoms with van der Waals surface area (Å²) in [4.78, 5) is 13.0. The van der Waals surface area contributed by atoms with E-state index >= 15 is 0 Å². The van der Waals surface area contributed by atoms with Crippen molar-refractivity contribution < 1.29 is 4.84 Å². The molecule has 0 aromatic carbocycles. The average molecular weight is 139 g/mol. The first-order chi connectivity index (χ1) is 4.92. The van der Waals surface area contributed by atoms with Crippen LogP contribution in [-0.4, -0.2) is 23.6 Å². The summed E-state index contributed by atoms with van der Waals surface area (Å²) in [6.07, 6.45) is 3.60. The van der Waals surface area contributed by atoms with Crippen LogP contribution in [0, 0.1) is 0 Å². The number of hydrogen-bond donors (Lipinski definition) is 0. The topological polar surface area (TPSA) is 40.3 Å². The first-order valence-electron chi connectivity index (χ1n) is 3.46. The van der Waals surface area contributed by atoms with Gasteiger partial charge in [0.1, 0.15) is 12.2 Å². The average Bonchev–Trinajstić information content (AvgIpc) is 2.67. The maximum Gasteiger partial charge on any atom is 0.277 e. The lowest BCUT2D eigenvalue weighted by Crippen LogP contribution is -2.15. The molecule has 0 radical (unpaired) electrons. The van der Waals surface area contributed by atoms with Gasteiger partial charge >= 0.3 is 0 Å². The van der Waals surface area contributed by atoms with Crippen molar-refractivity contribution in [2.45, 2.75) is 26.1 Å². The van der Waals surface area contributed by atoms with E-state index in [-0.39, 0.29) is 6.35 Å². The molecule has 0 amide bonds. The highest BCUT2D eigenvalue weighted by molar-refractivity contribution is 5.90. The van der Waals surface area contributed by atoms with Gasteiger partial charge in [0.2, 0.25) is 0 Å². The van der Waals surface area contributed by atoms with Crippen molar-refractivity contribution >= 4 is 12.2 Å². The molecule has 54 valence electrons. The number of hydroxylamine groups is 2. The molecule has 0 aromatic rings. The Morgan fingerprint density at radius 1 is 1.80 bits per heavy atom. The predicted octanol–water partition coefficient (Wildman–Crippen LogP) is 0.758. The third kappa shape index (κ3) is 0.806. The summed E-state index contributed by atoms with van der Waals surface area (Å²) >= 11 is 0. The molecule has 0 bridgehead atoms. The van der Waals surface area contributed by atoms with E-state index in [1.807, 2.05) is 0 Å².